The van der Waals surface area contributed by atoms with Gasteiger partial charge in [-0.2, -0.15) is 0 Å². The molecule has 2 N–H and O–H groups in total. The van der Waals surface area contributed by atoms with E-state index in [9.17, 15) is 4.79 Å². The quantitative estimate of drug-likeness (QED) is 0.892. The van der Waals surface area contributed by atoms with Crippen molar-refractivity contribution in [3.05, 3.63) is 40.4 Å². The summed E-state index contributed by atoms with van der Waals surface area (Å²) in [4.78, 5) is 21.7. The highest BCUT2D eigenvalue weighted by molar-refractivity contribution is 5.77. The van der Waals surface area contributed by atoms with Gasteiger partial charge in [0.2, 0.25) is 0 Å². The number of fused-ring (bicyclic) bond motifs is 2. The predicted molar refractivity (Wildman–Crippen MR) is 91.5 cm³/mol. The third-order valence-corrected chi connectivity index (χ3v) is 6.08. The molecule has 2 aliphatic rings. The van der Waals surface area contributed by atoms with Gasteiger partial charge < -0.3 is 9.88 Å². The zero-order valence-corrected chi connectivity index (χ0v) is 13.8. The van der Waals surface area contributed by atoms with Crippen molar-refractivity contribution in [2.24, 2.45) is 11.8 Å². The van der Waals surface area contributed by atoms with Crippen molar-refractivity contribution in [3.8, 4) is 0 Å². The molecule has 1 saturated heterocycles. The van der Waals surface area contributed by atoms with Crippen molar-refractivity contribution >= 4 is 10.9 Å². The average molecular weight is 312 g/mol. The third-order valence-electron chi connectivity index (χ3n) is 6.08. The van der Waals surface area contributed by atoms with Crippen molar-refractivity contribution in [1.29, 1.82) is 0 Å². The highest BCUT2D eigenvalue weighted by Crippen LogP contribution is 2.32. The lowest BCUT2D eigenvalue weighted by atomic mass is 9.75. The van der Waals surface area contributed by atoms with E-state index in [1.54, 1.807) is 4.90 Å². The van der Waals surface area contributed by atoms with E-state index in [0.717, 1.165) is 23.2 Å². The van der Waals surface area contributed by atoms with Crippen molar-refractivity contribution < 1.29 is 4.90 Å². The van der Waals surface area contributed by atoms with Gasteiger partial charge in [-0.05, 0) is 44.2 Å². The van der Waals surface area contributed by atoms with Crippen LogP contribution in [0.15, 0.2) is 29.1 Å². The Balaban J connectivity index is 1.59. The predicted octanol–water partition coefficient (Wildman–Crippen LogP) is 2.08. The molecule has 1 aliphatic carbocycles. The van der Waals surface area contributed by atoms with Crippen LogP contribution in [-0.2, 0) is 0 Å². The lowest BCUT2D eigenvalue weighted by Crippen LogP contribution is -3.14. The smallest absolute Gasteiger partial charge is 0.258 e. The highest BCUT2D eigenvalue weighted by Gasteiger charge is 2.36. The summed E-state index contributed by atoms with van der Waals surface area (Å²) >= 11 is 0. The number of likely N-dealkylation sites (tertiary alicyclic amines) is 1. The second-order valence-electron chi connectivity index (χ2n) is 7.40. The van der Waals surface area contributed by atoms with E-state index in [1.807, 2.05) is 24.3 Å². The first-order valence-electron chi connectivity index (χ1n) is 9.06. The van der Waals surface area contributed by atoms with Gasteiger partial charge in [0.1, 0.15) is 6.04 Å². The Hall–Kier alpha value is -1.68. The number of H-pyrrole nitrogens is 1. The molecule has 1 unspecified atom stereocenters. The number of hydrogen-bond acceptors (Lipinski definition) is 2. The maximum atomic E-state index is 12.3. The highest BCUT2D eigenvalue weighted by atomic mass is 16.1. The maximum Gasteiger partial charge on any atom is 0.258 e. The minimum atomic E-state index is -0.00981. The monoisotopic (exact) mass is 312 g/mol. The fourth-order valence-corrected chi connectivity index (χ4v) is 4.64. The first-order valence-corrected chi connectivity index (χ1v) is 9.06. The molecule has 0 radical (unpaired) electrons. The van der Waals surface area contributed by atoms with Gasteiger partial charge in [-0.3, -0.25) is 4.79 Å². The molecule has 1 aromatic carbocycles. The molecule has 1 aromatic heterocycles. The Morgan fingerprint density at radius 1 is 1.17 bits per heavy atom. The number of para-hydroxylation sites is 1. The second kappa shape index (κ2) is 6.08. The van der Waals surface area contributed by atoms with Crippen LogP contribution in [0.5, 0.6) is 0 Å². The van der Waals surface area contributed by atoms with Gasteiger partial charge in [0.25, 0.3) is 5.56 Å². The van der Waals surface area contributed by atoms with Gasteiger partial charge >= 0.3 is 0 Å². The molecule has 2 heterocycles. The summed E-state index contributed by atoms with van der Waals surface area (Å²) in [5.74, 6) is 2.67. The Bertz CT molecular complexity index is 754. The van der Waals surface area contributed by atoms with Crippen LogP contribution in [0.1, 0.15) is 50.9 Å². The van der Waals surface area contributed by atoms with Crippen LogP contribution >= 0.6 is 0 Å². The van der Waals surface area contributed by atoms with Crippen molar-refractivity contribution in [2.75, 3.05) is 13.1 Å². The summed E-state index contributed by atoms with van der Waals surface area (Å²) in [5.41, 5.74) is 0.800. The van der Waals surface area contributed by atoms with Crippen molar-refractivity contribution in [1.82, 2.24) is 9.97 Å². The Morgan fingerprint density at radius 3 is 2.83 bits per heavy atom. The van der Waals surface area contributed by atoms with Crippen LogP contribution in [0.3, 0.4) is 0 Å². The molecule has 0 amide bonds. The lowest BCUT2D eigenvalue weighted by molar-refractivity contribution is -0.940. The van der Waals surface area contributed by atoms with E-state index in [1.165, 1.54) is 45.2 Å². The van der Waals surface area contributed by atoms with Crippen LogP contribution in [0.2, 0.25) is 0 Å². The number of nitrogens with one attached hydrogen (secondary N) is 2. The number of aromatic nitrogens is 2. The standard InChI is InChI=1S/C19H25N3O/c1-13(22-11-10-14-6-2-3-7-15(14)12-22)18-20-17-9-5-4-8-16(17)19(23)21-18/h4-5,8-9,13-15H,2-3,6-7,10-12H2,1H3,(H,20,21,23)/p+1/t13-,14+,15-/m1/s1. The molecule has 1 saturated carbocycles. The Kier molecular flexibility index (Phi) is 3.93. The molecular formula is C19H26N3O+. The number of hydrogen-bond donors (Lipinski definition) is 2. The average Bonchev–Trinajstić information content (AvgIpc) is 2.60. The zero-order valence-electron chi connectivity index (χ0n) is 13.8. The third kappa shape index (κ3) is 2.80. The van der Waals surface area contributed by atoms with Crippen LogP contribution in [0.25, 0.3) is 10.9 Å². The van der Waals surface area contributed by atoms with E-state index in [-0.39, 0.29) is 11.6 Å². The Labute approximate surface area is 136 Å². The van der Waals surface area contributed by atoms with Crippen LogP contribution in [-0.4, -0.2) is 23.1 Å². The first-order chi connectivity index (χ1) is 11.2. The molecule has 0 bridgehead atoms. The van der Waals surface area contributed by atoms with Gasteiger partial charge in [0.05, 0.1) is 24.0 Å². The normalized spacial score (nSPS) is 29.2. The molecule has 0 spiro atoms. The molecule has 4 nitrogen and oxygen atoms in total. The Morgan fingerprint density at radius 2 is 1.96 bits per heavy atom. The second-order valence-corrected chi connectivity index (χ2v) is 7.40. The van der Waals surface area contributed by atoms with Gasteiger partial charge in [0, 0.05) is 5.92 Å². The number of rotatable bonds is 2. The minimum Gasteiger partial charge on any atom is -0.326 e. The first kappa shape index (κ1) is 14.9. The van der Waals surface area contributed by atoms with Crippen LogP contribution in [0, 0.1) is 11.8 Å². The van der Waals surface area contributed by atoms with E-state index in [0.29, 0.717) is 5.39 Å². The molecule has 122 valence electrons. The van der Waals surface area contributed by atoms with E-state index in [2.05, 4.69) is 11.9 Å². The van der Waals surface area contributed by atoms with E-state index in [4.69, 9.17) is 4.98 Å². The topological polar surface area (TPSA) is 50.2 Å². The van der Waals surface area contributed by atoms with E-state index >= 15 is 0 Å². The zero-order chi connectivity index (χ0) is 15.8. The molecule has 2 aromatic rings. The number of nitrogens with zero attached hydrogens (tertiary/aromatic N) is 1. The molecular weight excluding hydrogens is 286 g/mol. The number of benzene rings is 1. The molecule has 23 heavy (non-hydrogen) atoms. The van der Waals surface area contributed by atoms with Crippen molar-refractivity contribution in [2.45, 2.75) is 45.1 Å². The van der Waals surface area contributed by atoms with Gasteiger partial charge in [0.15, 0.2) is 5.82 Å². The molecule has 4 heteroatoms. The summed E-state index contributed by atoms with van der Waals surface area (Å²) in [6.45, 7) is 4.66. The fraction of sp³-hybridized carbons (Fsp3) is 0.579. The van der Waals surface area contributed by atoms with E-state index < -0.39 is 0 Å². The molecule has 2 fully saturated rings. The maximum absolute atomic E-state index is 12.3. The van der Waals surface area contributed by atoms with Crippen LogP contribution < -0.4 is 10.5 Å². The SMILES string of the molecule is C[C@H](c1nc2ccccc2c(=O)[nH]1)[NH+]1CC[C@@H]2CCCC[C@@H]2C1. The molecule has 4 atom stereocenters. The minimum absolute atomic E-state index is 0.00981. The summed E-state index contributed by atoms with van der Waals surface area (Å²) in [7, 11) is 0. The molecule has 4 rings (SSSR count). The van der Waals surface area contributed by atoms with Crippen molar-refractivity contribution in [3.63, 3.8) is 0 Å². The summed E-state index contributed by atoms with van der Waals surface area (Å²) in [6, 6.07) is 7.88. The molecule has 1 aliphatic heterocycles. The van der Waals surface area contributed by atoms with Gasteiger partial charge in [-0.25, -0.2) is 4.98 Å². The number of aromatic amines is 1. The summed E-state index contributed by atoms with van der Waals surface area (Å²) in [6.07, 6.45) is 6.97. The lowest BCUT2D eigenvalue weighted by Gasteiger charge is -2.40. The van der Waals surface area contributed by atoms with Crippen LogP contribution in [0.4, 0.5) is 0 Å². The number of quaternary nitrogens is 1. The summed E-state index contributed by atoms with van der Waals surface area (Å²) < 4.78 is 0. The van der Waals surface area contributed by atoms with Gasteiger partial charge in [-0.1, -0.05) is 25.0 Å². The van der Waals surface area contributed by atoms with Gasteiger partial charge in [-0.15, -0.1) is 0 Å². The largest absolute Gasteiger partial charge is 0.326 e. The number of piperidine rings is 1. The summed E-state index contributed by atoms with van der Waals surface area (Å²) in [5, 5.41) is 0.685. The fourth-order valence-electron chi connectivity index (χ4n) is 4.64.